The van der Waals surface area contributed by atoms with E-state index < -0.39 is 0 Å². The summed E-state index contributed by atoms with van der Waals surface area (Å²) >= 11 is 0. The lowest BCUT2D eigenvalue weighted by molar-refractivity contribution is -0.122. The third-order valence-corrected chi connectivity index (χ3v) is 1.23. The summed E-state index contributed by atoms with van der Waals surface area (Å²) in [5.41, 5.74) is 0.789. The van der Waals surface area contributed by atoms with Crippen molar-refractivity contribution < 1.29 is 14.7 Å². The lowest BCUT2D eigenvalue weighted by Crippen LogP contribution is -2.06. The van der Waals surface area contributed by atoms with E-state index in [0.717, 1.165) is 5.69 Å². The molecule has 0 heterocycles. The molecule has 4 nitrogen and oxygen atoms in total. The predicted molar refractivity (Wildman–Crippen MR) is 54.0 cm³/mol. The van der Waals surface area contributed by atoms with E-state index in [1.165, 1.54) is 6.08 Å². The molecule has 1 aromatic rings. The van der Waals surface area contributed by atoms with Crippen LogP contribution in [0.1, 0.15) is 0 Å². The summed E-state index contributed by atoms with van der Waals surface area (Å²) in [7, 11) is 0. The summed E-state index contributed by atoms with van der Waals surface area (Å²) in [6.07, 6.45) is 1.24. The average Bonchev–Trinajstić information content (AvgIpc) is 2.20. The first-order valence-corrected chi connectivity index (χ1v) is 3.81. The van der Waals surface area contributed by atoms with E-state index in [1.807, 2.05) is 30.3 Å². The zero-order valence-corrected chi connectivity index (χ0v) is 7.51. The fraction of sp³-hybridized carbons (Fsp3) is 0. The Morgan fingerprint density at radius 3 is 2.29 bits per heavy atom. The van der Waals surface area contributed by atoms with E-state index in [2.05, 4.69) is 11.9 Å². The van der Waals surface area contributed by atoms with Crippen LogP contribution in [0.3, 0.4) is 0 Å². The Hall–Kier alpha value is -2.10. The second kappa shape index (κ2) is 7.54. The molecule has 1 rings (SSSR count). The van der Waals surface area contributed by atoms with E-state index in [1.54, 1.807) is 0 Å². The molecule has 0 saturated heterocycles. The van der Waals surface area contributed by atoms with Crippen molar-refractivity contribution in [3.63, 3.8) is 0 Å². The highest BCUT2D eigenvalue weighted by molar-refractivity contribution is 5.98. The maximum Gasteiger partial charge on any atom is 0.290 e. The van der Waals surface area contributed by atoms with Crippen molar-refractivity contribution in [2.45, 2.75) is 0 Å². The summed E-state index contributed by atoms with van der Waals surface area (Å²) in [6, 6.07) is 9.25. The van der Waals surface area contributed by atoms with E-state index in [4.69, 9.17) is 9.90 Å². The normalized spacial score (nSPS) is 7.71. The van der Waals surface area contributed by atoms with Gasteiger partial charge in [-0.1, -0.05) is 24.8 Å². The molecule has 0 atom stereocenters. The van der Waals surface area contributed by atoms with Crippen LogP contribution in [0.15, 0.2) is 43.0 Å². The molecule has 0 aliphatic rings. The monoisotopic (exact) mass is 193 g/mol. The molecule has 0 aliphatic heterocycles. The number of anilines is 1. The number of carbonyl (C=O) groups is 2. The molecule has 4 heteroatoms. The third-order valence-electron chi connectivity index (χ3n) is 1.23. The van der Waals surface area contributed by atoms with Crippen LogP contribution >= 0.6 is 0 Å². The van der Waals surface area contributed by atoms with Crippen LogP contribution in [-0.4, -0.2) is 17.5 Å². The number of carboxylic acid groups (broad SMARTS) is 1. The van der Waals surface area contributed by atoms with Gasteiger partial charge in [0.15, 0.2) is 0 Å². The van der Waals surface area contributed by atoms with Crippen LogP contribution in [0.5, 0.6) is 0 Å². The van der Waals surface area contributed by atoms with Gasteiger partial charge in [-0.05, 0) is 18.2 Å². The average molecular weight is 193 g/mol. The lowest BCUT2D eigenvalue weighted by atomic mass is 10.3. The minimum absolute atomic E-state index is 0.184. The Labute approximate surface area is 81.9 Å². The van der Waals surface area contributed by atoms with Gasteiger partial charge in [-0.25, -0.2) is 0 Å². The van der Waals surface area contributed by atoms with Crippen LogP contribution in [0.4, 0.5) is 5.69 Å². The van der Waals surface area contributed by atoms with Crippen molar-refractivity contribution in [2.75, 3.05) is 5.32 Å². The molecule has 2 N–H and O–H groups in total. The SMILES string of the molecule is C=CC(=O)Nc1ccccc1.O=CO. The predicted octanol–water partition coefficient (Wildman–Crippen LogP) is 1.51. The molecule has 0 fully saturated rings. The molecule has 0 aromatic heterocycles. The van der Waals surface area contributed by atoms with E-state index >= 15 is 0 Å². The number of hydrogen-bond acceptors (Lipinski definition) is 2. The molecule has 0 unspecified atom stereocenters. The van der Waals surface area contributed by atoms with Gasteiger partial charge in [0.25, 0.3) is 6.47 Å². The molecule has 0 bridgehead atoms. The number of amides is 1. The topological polar surface area (TPSA) is 66.4 Å². The number of nitrogens with one attached hydrogen (secondary N) is 1. The van der Waals surface area contributed by atoms with Gasteiger partial charge in [-0.15, -0.1) is 0 Å². The van der Waals surface area contributed by atoms with Crippen molar-refractivity contribution in [3.05, 3.63) is 43.0 Å². The van der Waals surface area contributed by atoms with Gasteiger partial charge in [0.05, 0.1) is 0 Å². The van der Waals surface area contributed by atoms with Crippen molar-refractivity contribution in [1.82, 2.24) is 0 Å². The largest absolute Gasteiger partial charge is 0.483 e. The molecule has 0 radical (unpaired) electrons. The maximum atomic E-state index is 10.8. The molecule has 0 aliphatic carbocycles. The molecule has 0 saturated carbocycles. The van der Waals surface area contributed by atoms with E-state index in [0.29, 0.717) is 0 Å². The number of rotatable bonds is 2. The first kappa shape index (κ1) is 11.9. The molecular weight excluding hydrogens is 182 g/mol. The number of benzene rings is 1. The molecule has 1 amide bonds. The summed E-state index contributed by atoms with van der Waals surface area (Å²) < 4.78 is 0. The van der Waals surface area contributed by atoms with Crippen molar-refractivity contribution in [2.24, 2.45) is 0 Å². The van der Waals surface area contributed by atoms with E-state index in [-0.39, 0.29) is 12.4 Å². The number of para-hydroxylation sites is 1. The van der Waals surface area contributed by atoms with Gasteiger partial charge < -0.3 is 10.4 Å². The minimum atomic E-state index is -0.250. The first-order chi connectivity index (χ1) is 6.74. The highest BCUT2D eigenvalue weighted by Crippen LogP contribution is 2.03. The van der Waals surface area contributed by atoms with Gasteiger partial charge in [0.1, 0.15) is 0 Å². The van der Waals surface area contributed by atoms with Crippen LogP contribution in [-0.2, 0) is 9.59 Å². The fourth-order valence-electron chi connectivity index (χ4n) is 0.715. The first-order valence-electron chi connectivity index (χ1n) is 3.81. The summed E-state index contributed by atoms with van der Waals surface area (Å²) in [5.74, 6) is -0.184. The zero-order chi connectivity index (χ0) is 10.8. The van der Waals surface area contributed by atoms with Crippen molar-refractivity contribution in [1.29, 1.82) is 0 Å². The van der Waals surface area contributed by atoms with Crippen LogP contribution < -0.4 is 5.32 Å². The number of carbonyl (C=O) groups excluding carboxylic acids is 1. The Bertz CT molecular complexity index is 295. The Balaban J connectivity index is 0.000000500. The maximum absolute atomic E-state index is 10.8. The van der Waals surface area contributed by atoms with Crippen LogP contribution in [0.25, 0.3) is 0 Å². The van der Waals surface area contributed by atoms with Gasteiger partial charge >= 0.3 is 0 Å². The minimum Gasteiger partial charge on any atom is -0.483 e. The highest BCUT2D eigenvalue weighted by atomic mass is 16.3. The third kappa shape index (κ3) is 5.54. The molecule has 74 valence electrons. The molecule has 14 heavy (non-hydrogen) atoms. The van der Waals surface area contributed by atoms with Crippen LogP contribution in [0.2, 0.25) is 0 Å². The van der Waals surface area contributed by atoms with Gasteiger partial charge in [0, 0.05) is 5.69 Å². The fourth-order valence-corrected chi connectivity index (χ4v) is 0.715. The lowest BCUT2D eigenvalue weighted by Gasteiger charge is -1.98. The van der Waals surface area contributed by atoms with Gasteiger partial charge in [-0.3, -0.25) is 9.59 Å². The van der Waals surface area contributed by atoms with Crippen molar-refractivity contribution in [3.8, 4) is 0 Å². The summed E-state index contributed by atoms with van der Waals surface area (Å²) in [5, 5.41) is 9.52. The zero-order valence-electron chi connectivity index (χ0n) is 7.51. The summed E-state index contributed by atoms with van der Waals surface area (Å²) in [6.45, 7) is 3.09. The van der Waals surface area contributed by atoms with E-state index in [9.17, 15) is 4.79 Å². The number of hydrogen-bond donors (Lipinski definition) is 2. The Morgan fingerprint density at radius 1 is 1.36 bits per heavy atom. The Morgan fingerprint density at radius 2 is 1.86 bits per heavy atom. The van der Waals surface area contributed by atoms with Crippen LogP contribution in [0, 0.1) is 0 Å². The smallest absolute Gasteiger partial charge is 0.290 e. The molecular formula is C10H11NO3. The quantitative estimate of drug-likeness (QED) is 0.552. The Kier molecular flexibility index (Phi) is 6.41. The van der Waals surface area contributed by atoms with Gasteiger partial charge in [0.2, 0.25) is 5.91 Å². The molecule has 0 spiro atoms. The highest BCUT2D eigenvalue weighted by Gasteiger charge is 1.92. The standard InChI is InChI=1S/C9H9NO.CH2O2/c1-2-9(11)10-8-6-4-3-5-7-8;2-1-3/h2-7H,1H2,(H,10,11);1H,(H,2,3). The second-order valence-corrected chi connectivity index (χ2v) is 2.16. The summed E-state index contributed by atoms with van der Waals surface area (Å²) in [4.78, 5) is 19.1. The molecule has 1 aromatic carbocycles. The van der Waals surface area contributed by atoms with Crippen molar-refractivity contribution >= 4 is 18.1 Å². The second-order valence-electron chi connectivity index (χ2n) is 2.16. The van der Waals surface area contributed by atoms with Gasteiger partial charge in [-0.2, -0.15) is 0 Å².